The van der Waals surface area contributed by atoms with E-state index in [1.54, 1.807) is 54.6 Å². The van der Waals surface area contributed by atoms with Gasteiger partial charge in [0.1, 0.15) is 0 Å². The molecule has 1 aliphatic carbocycles. The van der Waals surface area contributed by atoms with Crippen LogP contribution in [0.1, 0.15) is 54.9 Å². The summed E-state index contributed by atoms with van der Waals surface area (Å²) in [6.07, 6.45) is 3.90. The van der Waals surface area contributed by atoms with Crippen LogP contribution in [0.5, 0.6) is 0 Å². The van der Waals surface area contributed by atoms with Crippen molar-refractivity contribution in [3.63, 3.8) is 0 Å². The average molecular weight is 394 g/mol. The zero-order chi connectivity index (χ0) is 20.9. The van der Waals surface area contributed by atoms with Crippen LogP contribution < -0.4 is 10.6 Å². The predicted octanol–water partition coefficient (Wildman–Crippen LogP) is 3.73. The second-order valence-electron chi connectivity index (χ2n) is 7.73. The molecule has 6 heteroatoms. The lowest BCUT2D eigenvalue weighted by Gasteiger charge is -2.25. The number of benzene rings is 2. The number of para-hydroxylation sites is 1. The fraction of sp³-hybridized carbons (Fsp3) is 0.348. The Bertz CT molecular complexity index is 891. The van der Waals surface area contributed by atoms with Gasteiger partial charge in [-0.05, 0) is 37.5 Å². The maximum atomic E-state index is 12.7. The second kappa shape index (κ2) is 8.90. The molecule has 6 nitrogen and oxygen atoms in total. The molecule has 0 aromatic heterocycles. The summed E-state index contributed by atoms with van der Waals surface area (Å²) in [5, 5.41) is 15.5. The third-order valence-corrected chi connectivity index (χ3v) is 5.53. The van der Waals surface area contributed by atoms with Gasteiger partial charge in [-0.3, -0.25) is 14.4 Å². The smallest absolute Gasteiger partial charge is 0.314 e. The highest BCUT2D eigenvalue weighted by Crippen LogP contribution is 2.29. The van der Waals surface area contributed by atoms with Gasteiger partial charge in [-0.2, -0.15) is 0 Å². The van der Waals surface area contributed by atoms with E-state index in [1.165, 1.54) is 6.92 Å². The summed E-state index contributed by atoms with van der Waals surface area (Å²) in [6.45, 7) is 1.53. The SMILES string of the molecule is CC(CC(=O)Nc1ccccc1C(=O)NC1CCCC1)(C(=O)O)c1ccccc1. The van der Waals surface area contributed by atoms with Gasteiger partial charge >= 0.3 is 5.97 Å². The first-order chi connectivity index (χ1) is 13.9. The molecule has 0 spiro atoms. The predicted molar refractivity (Wildman–Crippen MR) is 111 cm³/mol. The number of rotatable bonds is 7. The summed E-state index contributed by atoms with van der Waals surface area (Å²) in [4.78, 5) is 37.3. The topological polar surface area (TPSA) is 95.5 Å². The largest absolute Gasteiger partial charge is 0.481 e. The Hall–Kier alpha value is -3.15. The Morgan fingerprint density at radius 3 is 2.28 bits per heavy atom. The molecule has 1 atom stereocenters. The number of hydrogen-bond acceptors (Lipinski definition) is 3. The third kappa shape index (κ3) is 4.83. The van der Waals surface area contributed by atoms with Crippen molar-refractivity contribution < 1.29 is 19.5 Å². The maximum Gasteiger partial charge on any atom is 0.314 e. The lowest BCUT2D eigenvalue weighted by Crippen LogP contribution is -2.37. The lowest BCUT2D eigenvalue weighted by atomic mass is 9.79. The van der Waals surface area contributed by atoms with Crippen LogP contribution in [0.25, 0.3) is 0 Å². The molecule has 0 radical (unpaired) electrons. The molecule has 1 aliphatic rings. The van der Waals surface area contributed by atoms with E-state index in [4.69, 9.17) is 0 Å². The molecule has 0 bridgehead atoms. The van der Waals surface area contributed by atoms with Crippen LogP contribution in [0.15, 0.2) is 54.6 Å². The minimum Gasteiger partial charge on any atom is -0.481 e. The van der Waals surface area contributed by atoms with Crippen molar-refractivity contribution in [2.75, 3.05) is 5.32 Å². The minimum absolute atomic E-state index is 0.166. The van der Waals surface area contributed by atoms with Crippen molar-refractivity contribution >= 4 is 23.5 Å². The van der Waals surface area contributed by atoms with Crippen LogP contribution in [0, 0.1) is 0 Å². The zero-order valence-electron chi connectivity index (χ0n) is 16.5. The molecule has 29 heavy (non-hydrogen) atoms. The Labute approximate surface area is 170 Å². The van der Waals surface area contributed by atoms with Gasteiger partial charge in [0, 0.05) is 12.5 Å². The molecule has 3 rings (SSSR count). The van der Waals surface area contributed by atoms with Crippen LogP contribution in [-0.4, -0.2) is 28.9 Å². The second-order valence-corrected chi connectivity index (χ2v) is 7.73. The molecule has 2 aromatic rings. The Balaban J connectivity index is 1.75. The number of nitrogens with one attached hydrogen (secondary N) is 2. The molecular weight excluding hydrogens is 368 g/mol. The monoisotopic (exact) mass is 394 g/mol. The highest BCUT2D eigenvalue weighted by atomic mass is 16.4. The number of anilines is 1. The highest BCUT2D eigenvalue weighted by molar-refractivity contribution is 6.04. The molecule has 1 saturated carbocycles. The van der Waals surface area contributed by atoms with E-state index in [9.17, 15) is 19.5 Å². The fourth-order valence-corrected chi connectivity index (χ4v) is 3.75. The number of amides is 2. The number of carbonyl (C=O) groups excluding carboxylic acids is 2. The van der Waals surface area contributed by atoms with Crippen LogP contribution in [0.3, 0.4) is 0 Å². The molecule has 2 aromatic carbocycles. The third-order valence-electron chi connectivity index (χ3n) is 5.53. The average Bonchev–Trinajstić information content (AvgIpc) is 3.21. The lowest BCUT2D eigenvalue weighted by molar-refractivity contribution is -0.145. The molecule has 0 aliphatic heterocycles. The summed E-state index contributed by atoms with van der Waals surface area (Å²) in [5.41, 5.74) is -0.0555. The first-order valence-corrected chi connectivity index (χ1v) is 9.89. The summed E-state index contributed by atoms with van der Waals surface area (Å²) in [5.74, 6) is -1.76. The van der Waals surface area contributed by atoms with Gasteiger partial charge < -0.3 is 15.7 Å². The molecule has 0 saturated heterocycles. The van der Waals surface area contributed by atoms with Gasteiger partial charge in [0.15, 0.2) is 0 Å². The van der Waals surface area contributed by atoms with Crippen molar-refractivity contribution in [1.29, 1.82) is 0 Å². The van der Waals surface area contributed by atoms with E-state index >= 15 is 0 Å². The van der Waals surface area contributed by atoms with E-state index in [1.807, 2.05) is 0 Å². The number of hydrogen-bond donors (Lipinski definition) is 3. The van der Waals surface area contributed by atoms with Crippen LogP contribution in [0.4, 0.5) is 5.69 Å². The van der Waals surface area contributed by atoms with Crippen molar-refractivity contribution in [3.05, 3.63) is 65.7 Å². The normalized spacial score (nSPS) is 16.0. The molecule has 1 unspecified atom stereocenters. The first-order valence-electron chi connectivity index (χ1n) is 9.89. The first kappa shape index (κ1) is 20.6. The number of carboxylic acids is 1. The van der Waals surface area contributed by atoms with E-state index < -0.39 is 17.3 Å². The van der Waals surface area contributed by atoms with E-state index in [2.05, 4.69) is 10.6 Å². The van der Waals surface area contributed by atoms with Crippen molar-refractivity contribution in [2.24, 2.45) is 0 Å². The molecule has 3 N–H and O–H groups in total. The van der Waals surface area contributed by atoms with Gasteiger partial charge in [-0.1, -0.05) is 55.3 Å². The fourth-order valence-electron chi connectivity index (χ4n) is 3.75. The van der Waals surface area contributed by atoms with E-state index in [0.29, 0.717) is 16.8 Å². The summed E-state index contributed by atoms with van der Waals surface area (Å²) >= 11 is 0. The van der Waals surface area contributed by atoms with Crippen molar-refractivity contribution in [2.45, 2.75) is 50.5 Å². The molecular formula is C23H26N2O4. The highest BCUT2D eigenvalue weighted by Gasteiger charge is 2.37. The summed E-state index contributed by atoms with van der Waals surface area (Å²) in [7, 11) is 0. The Kier molecular flexibility index (Phi) is 6.32. The molecule has 152 valence electrons. The number of aliphatic carboxylic acids is 1. The molecule has 2 amide bonds. The van der Waals surface area contributed by atoms with Crippen LogP contribution in [-0.2, 0) is 15.0 Å². The van der Waals surface area contributed by atoms with Gasteiger partial charge in [0.05, 0.1) is 16.7 Å². The van der Waals surface area contributed by atoms with Crippen LogP contribution in [0.2, 0.25) is 0 Å². The van der Waals surface area contributed by atoms with Gasteiger partial charge in [0.25, 0.3) is 5.91 Å². The van der Waals surface area contributed by atoms with E-state index in [-0.39, 0.29) is 18.4 Å². The van der Waals surface area contributed by atoms with Crippen molar-refractivity contribution in [3.8, 4) is 0 Å². The summed E-state index contributed by atoms with van der Waals surface area (Å²) < 4.78 is 0. The Morgan fingerprint density at radius 2 is 1.62 bits per heavy atom. The number of carboxylic acid groups (broad SMARTS) is 1. The van der Waals surface area contributed by atoms with Gasteiger partial charge in [0.2, 0.25) is 5.91 Å². The van der Waals surface area contributed by atoms with Crippen LogP contribution >= 0.6 is 0 Å². The quantitative estimate of drug-likeness (QED) is 0.667. The van der Waals surface area contributed by atoms with Gasteiger partial charge in [-0.15, -0.1) is 0 Å². The molecule has 0 heterocycles. The zero-order valence-corrected chi connectivity index (χ0v) is 16.5. The van der Waals surface area contributed by atoms with E-state index in [0.717, 1.165) is 25.7 Å². The minimum atomic E-state index is -1.37. The number of carbonyl (C=O) groups is 3. The summed E-state index contributed by atoms with van der Waals surface area (Å²) in [6, 6.07) is 15.6. The standard InChI is InChI=1S/C23H26N2O4/c1-23(22(28)29,16-9-3-2-4-10-16)15-20(26)25-19-14-8-7-13-18(19)21(27)24-17-11-5-6-12-17/h2-4,7-10,13-14,17H,5-6,11-12,15H2,1H3,(H,24,27)(H,25,26)(H,28,29). The Morgan fingerprint density at radius 1 is 1.00 bits per heavy atom. The maximum absolute atomic E-state index is 12.7. The molecule has 1 fully saturated rings. The van der Waals surface area contributed by atoms with Crippen molar-refractivity contribution in [1.82, 2.24) is 5.32 Å². The van der Waals surface area contributed by atoms with Gasteiger partial charge in [-0.25, -0.2) is 0 Å².